The number of anilines is 1. The fraction of sp³-hybridized carbons (Fsp3) is 0.0625. The van der Waals surface area contributed by atoms with Crippen LogP contribution in [0, 0.1) is 18.2 Å². The Bertz CT molecular complexity index is 969. The first kappa shape index (κ1) is 18.6. The molecule has 0 fully saturated rings. The third kappa shape index (κ3) is 4.21. The van der Waals surface area contributed by atoms with Gasteiger partial charge in [-0.25, -0.2) is 17.6 Å². The summed E-state index contributed by atoms with van der Waals surface area (Å²) in [7, 11) is -4.37. The average molecular weight is 384 g/mol. The van der Waals surface area contributed by atoms with Crippen molar-refractivity contribution in [2.75, 3.05) is 11.3 Å². The smallest absolute Gasteiger partial charge is 0.337 e. The van der Waals surface area contributed by atoms with Gasteiger partial charge >= 0.3 is 5.97 Å². The summed E-state index contributed by atoms with van der Waals surface area (Å²) in [6.45, 7) is -0.153. The number of halogens is 2. The zero-order chi connectivity index (χ0) is 18.6. The van der Waals surface area contributed by atoms with Crippen LogP contribution in [0.1, 0.15) is 10.4 Å². The van der Waals surface area contributed by atoms with Crippen molar-refractivity contribution in [1.82, 2.24) is 0 Å². The first-order chi connectivity index (χ1) is 11.8. The van der Waals surface area contributed by atoms with E-state index >= 15 is 0 Å². The molecule has 0 unspecified atom stereocenters. The van der Waals surface area contributed by atoms with Gasteiger partial charge in [-0.1, -0.05) is 29.7 Å². The fourth-order valence-corrected chi connectivity index (χ4v) is 3.38. The van der Waals surface area contributed by atoms with Crippen LogP contribution in [0.2, 0.25) is 5.02 Å². The maximum absolute atomic E-state index is 14.0. The normalized spacial score (nSPS) is 10.8. The van der Waals surface area contributed by atoms with Gasteiger partial charge in [-0.3, -0.25) is 4.72 Å². The Morgan fingerprint density at radius 2 is 2.04 bits per heavy atom. The predicted octanol–water partition coefficient (Wildman–Crippen LogP) is 2.99. The van der Waals surface area contributed by atoms with Gasteiger partial charge in [0.1, 0.15) is 23.1 Å². The van der Waals surface area contributed by atoms with Crippen molar-refractivity contribution in [2.24, 2.45) is 0 Å². The molecule has 25 heavy (non-hydrogen) atoms. The van der Waals surface area contributed by atoms with Crippen LogP contribution < -0.4 is 9.46 Å². The number of carboxylic acid groups (broad SMARTS) is 1. The molecule has 2 aromatic carbocycles. The van der Waals surface area contributed by atoms with Crippen molar-refractivity contribution in [3.8, 4) is 18.1 Å². The minimum Gasteiger partial charge on any atom is -0.479 e. The zero-order valence-corrected chi connectivity index (χ0v) is 14.1. The molecule has 2 N–H and O–H groups in total. The van der Waals surface area contributed by atoms with Crippen LogP contribution >= 0.6 is 11.6 Å². The summed E-state index contributed by atoms with van der Waals surface area (Å²) in [5.41, 5.74) is -0.912. The molecule has 0 radical (unpaired) electrons. The van der Waals surface area contributed by atoms with Gasteiger partial charge in [0, 0.05) is 6.07 Å². The molecule has 0 bridgehead atoms. The van der Waals surface area contributed by atoms with E-state index in [2.05, 4.69) is 5.92 Å². The van der Waals surface area contributed by atoms with Crippen LogP contribution in [-0.2, 0) is 10.0 Å². The molecule has 0 aromatic heterocycles. The lowest BCUT2D eigenvalue weighted by molar-refractivity contribution is 0.0692. The standard InChI is InChI=1S/C16H11ClFNO5S/c1-2-7-24-14-9-13(12(18)8-11(14)17)19-25(22,23)15-6-4-3-5-10(15)16(20)21/h1,3-6,8-9,19H,7H2,(H,20,21). The van der Waals surface area contributed by atoms with Crippen LogP contribution in [0.5, 0.6) is 5.75 Å². The predicted molar refractivity (Wildman–Crippen MR) is 89.9 cm³/mol. The lowest BCUT2D eigenvalue weighted by Crippen LogP contribution is -2.17. The molecular formula is C16H11ClFNO5S. The maximum atomic E-state index is 14.0. The van der Waals surface area contributed by atoms with E-state index in [0.29, 0.717) is 0 Å². The Balaban J connectivity index is 2.45. The minimum absolute atomic E-state index is 0.0229. The van der Waals surface area contributed by atoms with E-state index in [9.17, 15) is 17.6 Å². The van der Waals surface area contributed by atoms with Gasteiger partial charge < -0.3 is 9.84 Å². The van der Waals surface area contributed by atoms with E-state index in [-0.39, 0.29) is 17.4 Å². The number of nitrogens with one attached hydrogen (secondary N) is 1. The summed E-state index contributed by atoms with van der Waals surface area (Å²) >= 11 is 5.80. The summed E-state index contributed by atoms with van der Waals surface area (Å²) in [4.78, 5) is 10.7. The van der Waals surface area contributed by atoms with Crippen LogP contribution in [0.3, 0.4) is 0 Å². The Labute approximate surface area is 148 Å². The molecule has 6 nitrogen and oxygen atoms in total. The van der Waals surface area contributed by atoms with E-state index < -0.39 is 38.0 Å². The summed E-state index contributed by atoms with van der Waals surface area (Å²) < 4.78 is 46.0. The highest BCUT2D eigenvalue weighted by Gasteiger charge is 2.23. The molecule has 0 aliphatic heterocycles. The van der Waals surface area contributed by atoms with Crippen molar-refractivity contribution < 1.29 is 27.4 Å². The summed E-state index contributed by atoms with van der Waals surface area (Å²) in [6.07, 6.45) is 5.06. The van der Waals surface area contributed by atoms with Gasteiger partial charge in [0.25, 0.3) is 10.0 Å². The van der Waals surface area contributed by atoms with E-state index in [1.165, 1.54) is 12.1 Å². The number of carbonyl (C=O) groups is 1. The number of hydrogen-bond donors (Lipinski definition) is 2. The Morgan fingerprint density at radius 1 is 1.36 bits per heavy atom. The topological polar surface area (TPSA) is 92.7 Å². The second kappa shape index (κ2) is 7.42. The first-order valence-corrected chi connectivity index (χ1v) is 8.53. The molecule has 0 aliphatic rings. The van der Waals surface area contributed by atoms with Gasteiger partial charge in [-0.2, -0.15) is 0 Å². The Hall–Kier alpha value is -2.76. The lowest BCUT2D eigenvalue weighted by Gasteiger charge is -2.13. The second-order valence-electron chi connectivity index (χ2n) is 4.66. The van der Waals surface area contributed by atoms with Gasteiger partial charge in [0.15, 0.2) is 0 Å². The molecule has 2 rings (SSSR count). The molecule has 0 saturated heterocycles. The number of ether oxygens (including phenoxy) is 1. The molecule has 130 valence electrons. The highest BCUT2D eigenvalue weighted by molar-refractivity contribution is 7.92. The zero-order valence-electron chi connectivity index (χ0n) is 12.5. The number of rotatable bonds is 6. The molecule has 0 aliphatic carbocycles. The maximum Gasteiger partial charge on any atom is 0.337 e. The van der Waals surface area contributed by atoms with Gasteiger partial charge in [-0.15, -0.1) is 6.42 Å². The number of terminal acetylenes is 1. The molecule has 9 heteroatoms. The molecule has 0 amide bonds. The van der Waals surface area contributed by atoms with Gasteiger partial charge in [-0.05, 0) is 18.2 Å². The Kier molecular flexibility index (Phi) is 5.51. The van der Waals surface area contributed by atoms with Crippen LogP contribution in [0.4, 0.5) is 10.1 Å². The van der Waals surface area contributed by atoms with Gasteiger partial charge in [0.2, 0.25) is 0 Å². The molecule has 0 saturated carbocycles. The van der Waals surface area contributed by atoms with E-state index in [1.807, 2.05) is 4.72 Å². The van der Waals surface area contributed by atoms with Crippen molar-refractivity contribution >= 4 is 33.3 Å². The number of hydrogen-bond acceptors (Lipinski definition) is 4. The monoisotopic (exact) mass is 383 g/mol. The minimum atomic E-state index is -4.37. The SMILES string of the molecule is C#CCOc1cc(NS(=O)(=O)c2ccccc2C(=O)O)c(F)cc1Cl. The van der Waals surface area contributed by atoms with Crippen molar-refractivity contribution in [1.29, 1.82) is 0 Å². The molecule has 0 heterocycles. The van der Waals surface area contributed by atoms with Crippen molar-refractivity contribution in [2.45, 2.75) is 4.90 Å². The van der Waals surface area contributed by atoms with E-state index in [0.717, 1.165) is 24.3 Å². The van der Waals surface area contributed by atoms with Crippen molar-refractivity contribution in [3.63, 3.8) is 0 Å². The van der Waals surface area contributed by atoms with Crippen LogP contribution in [0.25, 0.3) is 0 Å². The quantitative estimate of drug-likeness (QED) is 0.748. The lowest BCUT2D eigenvalue weighted by atomic mass is 10.2. The number of carboxylic acids is 1. The van der Waals surface area contributed by atoms with Crippen LogP contribution in [-0.4, -0.2) is 26.1 Å². The highest BCUT2D eigenvalue weighted by atomic mass is 35.5. The third-order valence-corrected chi connectivity index (χ3v) is 4.70. The number of aromatic carboxylic acids is 1. The van der Waals surface area contributed by atoms with Crippen molar-refractivity contribution in [3.05, 3.63) is 52.8 Å². The van der Waals surface area contributed by atoms with Gasteiger partial charge in [0.05, 0.1) is 16.3 Å². The van der Waals surface area contributed by atoms with E-state index in [4.69, 9.17) is 27.9 Å². The summed E-state index contributed by atoms with van der Waals surface area (Å²) in [5.74, 6) is -0.228. The molecular weight excluding hydrogens is 373 g/mol. The molecule has 0 spiro atoms. The summed E-state index contributed by atoms with van der Waals surface area (Å²) in [6, 6.07) is 6.81. The second-order valence-corrected chi connectivity index (χ2v) is 6.72. The highest BCUT2D eigenvalue weighted by Crippen LogP contribution is 2.32. The third-order valence-electron chi connectivity index (χ3n) is 2.98. The number of sulfonamides is 1. The molecule has 0 atom stereocenters. The van der Waals surface area contributed by atoms with Crippen LogP contribution in [0.15, 0.2) is 41.3 Å². The average Bonchev–Trinajstić information content (AvgIpc) is 2.56. The fourth-order valence-electron chi connectivity index (χ4n) is 1.91. The summed E-state index contributed by atoms with van der Waals surface area (Å²) in [5, 5.41) is 9.01. The Morgan fingerprint density at radius 3 is 2.68 bits per heavy atom. The van der Waals surface area contributed by atoms with E-state index in [1.54, 1.807) is 0 Å². The first-order valence-electron chi connectivity index (χ1n) is 6.66. The number of benzene rings is 2. The largest absolute Gasteiger partial charge is 0.479 e. The molecule has 2 aromatic rings.